The van der Waals surface area contributed by atoms with E-state index in [4.69, 9.17) is 0 Å². The number of piperazine rings is 1. The predicted octanol–water partition coefficient (Wildman–Crippen LogP) is 1.22. The van der Waals surface area contributed by atoms with Gasteiger partial charge in [0.15, 0.2) is 0 Å². The molecule has 0 spiro atoms. The molecule has 27 heavy (non-hydrogen) atoms. The Hall–Kier alpha value is -2.19. The van der Waals surface area contributed by atoms with E-state index in [1.807, 2.05) is 13.8 Å². The van der Waals surface area contributed by atoms with Gasteiger partial charge in [0, 0.05) is 25.2 Å². The van der Waals surface area contributed by atoms with Crippen molar-refractivity contribution in [3.63, 3.8) is 0 Å². The van der Waals surface area contributed by atoms with Gasteiger partial charge in [0.1, 0.15) is 17.9 Å². The third-order valence-corrected chi connectivity index (χ3v) is 5.34. The summed E-state index contributed by atoms with van der Waals surface area (Å²) in [4.78, 5) is 40.5. The molecule has 7 nitrogen and oxygen atoms in total. The Kier molecular flexibility index (Phi) is 6.11. The lowest BCUT2D eigenvalue weighted by Crippen LogP contribution is -2.59. The van der Waals surface area contributed by atoms with Crippen LogP contribution >= 0.6 is 12.4 Å². The molecule has 0 aromatic heterocycles. The van der Waals surface area contributed by atoms with Crippen LogP contribution in [0.1, 0.15) is 26.3 Å². The second-order valence-corrected chi connectivity index (χ2v) is 7.02. The first-order valence-electron chi connectivity index (χ1n) is 8.67. The minimum Gasteiger partial charge on any atom is -0.336 e. The SMILES string of the molecule is CC1NCCN(C(=O)CN2C(=O)NC(C)(c3ccc(F)cc3)C2=O)C1C.Cl. The van der Waals surface area contributed by atoms with E-state index >= 15 is 0 Å². The molecule has 148 valence electrons. The van der Waals surface area contributed by atoms with Gasteiger partial charge in [-0.05, 0) is 38.5 Å². The molecule has 2 N–H and O–H groups in total. The van der Waals surface area contributed by atoms with E-state index in [0.29, 0.717) is 18.7 Å². The number of nitrogens with one attached hydrogen (secondary N) is 2. The van der Waals surface area contributed by atoms with Gasteiger partial charge in [0.2, 0.25) is 5.91 Å². The van der Waals surface area contributed by atoms with E-state index in [2.05, 4.69) is 10.6 Å². The molecule has 2 aliphatic heterocycles. The number of halogens is 2. The normalized spacial score (nSPS) is 28.0. The van der Waals surface area contributed by atoms with Crippen LogP contribution in [-0.4, -0.2) is 59.4 Å². The quantitative estimate of drug-likeness (QED) is 0.750. The predicted molar refractivity (Wildman–Crippen MR) is 99.9 cm³/mol. The lowest BCUT2D eigenvalue weighted by Gasteiger charge is -2.39. The van der Waals surface area contributed by atoms with Gasteiger partial charge in [-0.1, -0.05) is 12.1 Å². The lowest BCUT2D eigenvalue weighted by molar-refractivity contribution is -0.141. The third-order valence-electron chi connectivity index (χ3n) is 5.34. The van der Waals surface area contributed by atoms with Gasteiger partial charge in [0.05, 0.1) is 0 Å². The van der Waals surface area contributed by atoms with Crippen molar-refractivity contribution in [2.45, 2.75) is 38.4 Å². The molecule has 3 rings (SSSR count). The second-order valence-electron chi connectivity index (χ2n) is 7.02. The Bertz CT molecular complexity index is 745. The molecule has 1 aromatic rings. The first-order chi connectivity index (χ1) is 12.2. The molecule has 1 aromatic carbocycles. The highest BCUT2D eigenvalue weighted by Crippen LogP contribution is 2.29. The Morgan fingerprint density at radius 1 is 1.26 bits per heavy atom. The van der Waals surface area contributed by atoms with E-state index in [-0.39, 0.29) is 36.9 Å². The van der Waals surface area contributed by atoms with E-state index < -0.39 is 23.3 Å². The maximum Gasteiger partial charge on any atom is 0.325 e. The molecule has 9 heteroatoms. The van der Waals surface area contributed by atoms with Gasteiger partial charge in [-0.15, -0.1) is 12.4 Å². The zero-order valence-corrected chi connectivity index (χ0v) is 16.3. The van der Waals surface area contributed by atoms with Gasteiger partial charge in [-0.2, -0.15) is 0 Å². The fraction of sp³-hybridized carbons (Fsp3) is 0.500. The van der Waals surface area contributed by atoms with E-state index in [1.165, 1.54) is 24.3 Å². The summed E-state index contributed by atoms with van der Waals surface area (Å²) in [5.41, 5.74) is -0.843. The average Bonchev–Trinajstić information content (AvgIpc) is 2.82. The molecule has 3 unspecified atom stereocenters. The van der Waals surface area contributed by atoms with Crippen molar-refractivity contribution in [3.8, 4) is 0 Å². The maximum absolute atomic E-state index is 13.2. The minimum absolute atomic E-state index is 0. The van der Waals surface area contributed by atoms with Crippen LogP contribution in [0.5, 0.6) is 0 Å². The van der Waals surface area contributed by atoms with Crippen LogP contribution in [0.25, 0.3) is 0 Å². The fourth-order valence-corrected chi connectivity index (χ4v) is 3.45. The molecule has 0 aliphatic carbocycles. The molecule has 2 saturated heterocycles. The molecular weight excluding hydrogens is 375 g/mol. The van der Waals surface area contributed by atoms with Gasteiger partial charge < -0.3 is 15.5 Å². The third kappa shape index (κ3) is 3.77. The molecule has 3 atom stereocenters. The van der Waals surface area contributed by atoms with Crippen LogP contribution in [0.2, 0.25) is 0 Å². The molecule has 2 fully saturated rings. The minimum atomic E-state index is -1.31. The summed E-state index contributed by atoms with van der Waals surface area (Å²) in [7, 11) is 0. The number of nitrogens with zero attached hydrogens (tertiary/aromatic N) is 2. The van der Waals surface area contributed by atoms with Gasteiger partial charge in [-0.25, -0.2) is 9.18 Å². The number of carbonyl (C=O) groups excluding carboxylic acids is 3. The Balaban J connectivity index is 0.00000261. The van der Waals surface area contributed by atoms with Crippen LogP contribution in [-0.2, 0) is 15.1 Å². The number of amides is 4. The van der Waals surface area contributed by atoms with Crippen LogP contribution in [0.4, 0.5) is 9.18 Å². The summed E-state index contributed by atoms with van der Waals surface area (Å²) in [5.74, 6) is -1.21. The monoisotopic (exact) mass is 398 g/mol. The number of hydrogen-bond donors (Lipinski definition) is 2. The molecular formula is C18H24ClFN4O3. The molecule has 0 saturated carbocycles. The van der Waals surface area contributed by atoms with Gasteiger partial charge in [-0.3, -0.25) is 14.5 Å². The first kappa shape index (κ1) is 21.1. The summed E-state index contributed by atoms with van der Waals surface area (Å²) >= 11 is 0. The number of hydrogen-bond acceptors (Lipinski definition) is 4. The maximum atomic E-state index is 13.2. The smallest absolute Gasteiger partial charge is 0.325 e. The molecule has 0 radical (unpaired) electrons. The highest BCUT2D eigenvalue weighted by molar-refractivity contribution is 6.09. The summed E-state index contributed by atoms with van der Waals surface area (Å²) in [5, 5.41) is 5.91. The number of benzene rings is 1. The number of rotatable bonds is 3. The average molecular weight is 399 g/mol. The van der Waals surface area contributed by atoms with Crippen LogP contribution in [0.15, 0.2) is 24.3 Å². The summed E-state index contributed by atoms with van der Waals surface area (Å²) in [6.45, 7) is 6.37. The molecule has 2 heterocycles. The van der Waals surface area contributed by atoms with E-state index in [9.17, 15) is 18.8 Å². The van der Waals surface area contributed by atoms with Crippen molar-refractivity contribution in [1.29, 1.82) is 0 Å². The molecule has 4 amide bonds. The number of urea groups is 1. The molecule has 2 aliphatic rings. The summed E-state index contributed by atoms with van der Waals surface area (Å²) < 4.78 is 13.2. The van der Waals surface area contributed by atoms with Crippen molar-refractivity contribution in [3.05, 3.63) is 35.6 Å². The molecule has 0 bridgehead atoms. The van der Waals surface area contributed by atoms with Crippen molar-refractivity contribution in [2.24, 2.45) is 0 Å². The summed E-state index contributed by atoms with van der Waals surface area (Å²) in [6, 6.07) is 4.87. The number of imide groups is 1. The zero-order chi connectivity index (χ0) is 19.1. The standard InChI is InChI=1S/C18H23FN4O3.ClH/c1-11-12(2)22(9-8-20-11)15(24)10-23-16(25)18(3,21-17(23)26)13-4-6-14(19)7-5-13;/h4-7,11-12,20H,8-10H2,1-3H3,(H,21,26);1H. The highest BCUT2D eigenvalue weighted by atomic mass is 35.5. The zero-order valence-electron chi connectivity index (χ0n) is 15.5. The summed E-state index contributed by atoms with van der Waals surface area (Å²) in [6.07, 6.45) is 0. The number of carbonyl (C=O) groups is 3. The van der Waals surface area contributed by atoms with Crippen molar-refractivity contribution in [2.75, 3.05) is 19.6 Å². The van der Waals surface area contributed by atoms with Crippen molar-refractivity contribution in [1.82, 2.24) is 20.4 Å². The van der Waals surface area contributed by atoms with Crippen LogP contribution < -0.4 is 10.6 Å². The fourth-order valence-electron chi connectivity index (χ4n) is 3.45. The van der Waals surface area contributed by atoms with E-state index in [0.717, 1.165) is 4.90 Å². The van der Waals surface area contributed by atoms with Gasteiger partial charge >= 0.3 is 6.03 Å². The van der Waals surface area contributed by atoms with Gasteiger partial charge in [0.25, 0.3) is 5.91 Å². The Labute approximate surface area is 163 Å². The van der Waals surface area contributed by atoms with Crippen molar-refractivity contribution >= 4 is 30.3 Å². The van der Waals surface area contributed by atoms with Crippen molar-refractivity contribution < 1.29 is 18.8 Å². The Morgan fingerprint density at radius 2 is 1.89 bits per heavy atom. The first-order valence-corrected chi connectivity index (χ1v) is 8.67. The second kappa shape index (κ2) is 7.82. The van der Waals surface area contributed by atoms with E-state index in [1.54, 1.807) is 11.8 Å². The van der Waals surface area contributed by atoms with Crippen LogP contribution in [0, 0.1) is 5.82 Å². The Morgan fingerprint density at radius 3 is 2.52 bits per heavy atom. The lowest BCUT2D eigenvalue weighted by atomic mass is 9.92. The highest BCUT2D eigenvalue weighted by Gasteiger charge is 2.50. The van der Waals surface area contributed by atoms with Crippen LogP contribution in [0.3, 0.4) is 0 Å². The largest absolute Gasteiger partial charge is 0.336 e. The topological polar surface area (TPSA) is 81.8 Å².